The highest BCUT2D eigenvalue weighted by Crippen LogP contribution is 2.22. The summed E-state index contributed by atoms with van der Waals surface area (Å²) in [5.41, 5.74) is 5.25. The fourth-order valence-electron chi connectivity index (χ4n) is 4.53. The van der Waals surface area contributed by atoms with Crippen LogP contribution in [0.15, 0.2) is 36.4 Å². The Balaban J connectivity index is 1.63. The van der Waals surface area contributed by atoms with E-state index >= 15 is 0 Å². The van der Waals surface area contributed by atoms with E-state index in [0.717, 1.165) is 23.6 Å². The quantitative estimate of drug-likeness (QED) is 0.216. The molecular weight excluding hydrogens is 432 g/mol. The van der Waals surface area contributed by atoms with Crippen molar-refractivity contribution >= 4 is 5.91 Å². The molecule has 0 aliphatic heterocycles. The topological polar surface area (TPSA) is 43.3 Å². The molecule has 4 nitrogen and oxygen atoms in total. The third-order valence-electron chi connectivity index (χ3n) is 6.87. The largest absolute Gasteiger partial charge is 0.478 e. The first-order valence-electron chi connectivity index (χ1n) is 14.1. The van der Waals surface area contributed by atoms with E-state index in [1.54, 1.807) is 4.68 Å². The molecule has 0 fully saturated rings. The van der Waals surface area contributed by atoms with Gasteiger partial charge in [0, 0.05) is 11.4 Å². The summed E-state index contributed by atoms with van der Waals surface area (Å²) in [7, 11) is 0. The van der Waals surface area contributed by atoms with Gasteiger partial charge in [-0.15, -0.1) is 0 Å². The molecule has 0 atom stereocenters. The molecule has 1 amide bonds. The lowest BCUT2D eigenvalue weighted by Gasteiger charge is -2.26. The number of hydrogen-bond acceptors (Lipinski definition) is 2. The Morgan fingerprint density at radius 1 is 0.800 bits per heavy atom. The van der Waals surface area contributed by atoms with Crippen LogP contribution in [0, 0.1) is 13.8 Å². The normalized spacial score (nSPS) is 11.6. The molecule has 0 saturated heterocycles. The summed E-state index contributed by atoms with van der Waals surface area (Å²) in [6, 6.07) is 12.2. The summed E-state index contributed by atoms with van der Waals surface area (Å²) < 4.78 is 7.93. The average molecular weight is 483 g/mol. The van der Waals surface area contributed by atoms with Crippen LogP contribution in [0.1, 0.15) is 121 Å². The van der Waals surface area contributed by atoms with Crippen LogP contribution in [0.2, 0.25) is 0 Å². The van der Waals surface area contributed by atoms with Crippen LogP contribution in [0.3, 0.4) is 0 Å². The van der Waals surface area contributed by atoms with Crippen molar-refractivity contribution in [2.24, 2.45) is 0 Å². The summed E-state index contributed by atoms with van der Waals surface area (Å²) in [5, 5.41) is 0. The summed E-state index contributed by atoms with van der Waals surface area (Å²) >= 11 is 0. The third-order valence-corrected chi connectivity index (χ3v) is 6.87. The van der Waals surface area contributed by atoms with Gasteiger partial charge in [0.1, 0.15) is 5.75 Å². The number of hydrogen-bond donors (Lipinski definition) is 1. The van der Waals surface area contributed by atoms with Gasteiger partial charge in [-0.1, -0.05) is 96.1 Å². The van der Waals surface area contributed by atoms with Crippen molar-refractivity contribution in [3.63, 3.8) is 0 Å². The second kappa shape index (κ2) is 15.7. The number of rotatable bonds is 18. The Labute approximate surface area is 214 Å². The van der Waals surface area contributed by atoms with Crippen molar-refractivity contribution in [2.75, 3.05) is 5.43 Å². The number of ether oxygens (including phenoxy) is 1. The zero-order valence-corrected chi connectivity index (χ0v) is 23.1. The molecule has 2 aromatic rings. The van der Waals surface area contributed by atoms with E-state index in [1.807, 2.05) is 52.0 Å². The van der Waals surface area contributed by atoms with Gasteiger partial charge in [-0.3, -0.25) is 14.9 Å². The maximum absolute atomic E-state index is 12.9. The number of nitrogens with one attached hydrogen (secondary N) is 1. The van der Waals surface area contributed by atoms with Crippen molar-refractivity contribution in [3.8, 4) is 5.75 Å². The molecule has 0 aliphatic carbocycles. The Hall–Kier alpha value is -2.23. The standard InChI is InChI=1S/C31H50N2O2/c1-6-7-8-9-10-11-12-13-14-15-16-17-18-20-28-21-19-22-29(25-28)35-31(4,5)30(34)32-33-26(2)23-24-27(33)3/h19,21-25H,6-18,20H2,1-5H3,(H,32,34). The van der Waals surface area contributed by atoms with E-state index < -0.39 is 5.60 Å². The third kappa shape index (κ3) is 10.9. The molecular formula is C31H50N2O2. The first-order chi connectivity index (χ1) is 16.8. The van der Waals surface area contributed by atoms with Crippen molar-refractivity contribution in [3.05, 3.63) is 53.3 Å². The van der Waals surface area contributed by atoms with Crippen molar-refractivity contribution < 1.29 is 9.53 Å². The first kappa shape index (κ1) is 29.0. The highest BCUT2D eigenvalue weighted by molar-refractivity contribution is 5.91. The maximum Gasteiger partial charge on any atom is 0.282 e. The molecule has 1 heterocycles. The summed E-state index contributed by atoms with van der Waals surface area (Å²) in [4.78, 5) is 12.9. The smallest absolute Gasteiger partial charge is 0.282 e. The van der Waals surface area contributed by atoms with Crippen molar-refractivity contribution in [1.82, 2.24) is 4.68 Å². The molecule has 1 aromatic carbocycles. The van der Waals surface area contributed by atoms with Gasteiger partial charge in [-0.05, 0) is 70.4 Å². The van der Waals surface area contributed by atoms with Crippen LogP contribution in [0.5, 0.6) is 5.75 Å². The number of nitrogens with zero attached hydrogens (tertiary/aromatic N) is 1. The van der Waals surface area contributed by atoms with Crippen LogP contribution < -0.4 is 10.2 Å². The summed E-state index contributed by atoms with van der Waals surface area (Å²) in [6.45, 7) is 9.86. The lowest BCUT2D eigenvalue weighted by Crippen LogP contribution is -2.45. The number of aryl methyl sites for hydroxylation is 3. The first-order valence-corrected chi connectivity index (χ1v) is 14.1. The molecule has 0 radical (unpaired) electrons. The Morgan fingerprint density at radius 3 is 1.86 bits per heavy atom. The van der Waals surface area contributed by atoms with E-state index in [1.165, 1.54) is 89.0 Å². The number of carbonyl (C=O) groups excluding carboxylic acids is 1. The number of amides is 1. The SMILES string of the molecule is CCCCCCCCCCCCCCCc1cccc(OC(C)(C)C(=O)Nn2c(C)ccc2C)c1. The summed E-state index contributed by atoms with van der Waals surface area (Å²) in [6.07, 6.45) is 18.9. The minimum atomic E-state index is -0.975. The molecule has 0 saturated carbocycles. The fraction of sp³-hybridized carbons (Fsp3) is 0.645. The predicted molar refractivity (Wildman–Crippen MR) is 149 cm³/mol. The number of unbranched alkanes of at least 4 members (excludes halogenated alkanes) is 12. The summed E-state index contributed by atoms with van der Waals surface area (Å²) in [5.74, 6) is 0.583. The van der Waals surface area contributed by atoms with Gasteiger partial charge in [0.25, 0.3) is 5.91 Å². The predicted octanol–water partition coefficient (Wildman–Crippen LogP) is 8.67. The lowest BCUT2D eigenvalue weighted by molar-refractivity contribution is -0.129. The van der Waals surface area contributed by atoms with Gasteiger partial charge in [-0.25, -0.2) is 0 Å². The number of benzene rings is 1. The molecule has 0 unspecified atom stereocenters. The Morgan fingerprint density at radius 2 is 1.31 bits per heavy atom. The zero-order valence-electron chi connectivity index (χ0n) is 23.1. The molecule has 0 aliphatic rings. The molecule has 196 valence electrons. The number of carbonyl (C=O) groups is 1. The van der Waals surface area contributed by atoms with E-state index in [0.29, 0.717) is 0 Å². The Bertz CT molecular complexity index is 849. The zero-order chi connectivity index (χ0) is 25.5. The van der Waals surface area contributed by atoms with Gasteiger partial charge in [0.15, 0.2) is 5.60 Å². The van der Waals surface area contributed by atoms with E-state index in [9.17, 15) is 4.79 Å². The highest BCUT2D eigenvalue weighted by Gasteiger charge is 2.30. The van der Waals surface area contributed by atoms with Gasteiger partial charge in [0.05, 0.1) is 0 Å². The molecule has 35 heavy (non-hydrogen) atoms. The number of aromatic nitrogens is 1. The van der Waals surface area contributed by atoms with Gasteiger partial charge in [0.2, 0.25) is 0 Å². The lowest BCUT2D eigenvalue weighted by atomic mass is 10.0. The van der Waals surface area contributed by atoms with Crippen LogP contribution in [0.4, 0.5) is 0 Å². The molecule has 1 aromatic heterocycles. The molecule has 1 N–H and O–H groups in total. The minimum absolute atomic E-state index is 0.165. The van der Waals surface area contributed by atoms with Crippen LogP contribution >= 0.6 is 0 Å². The van der Waals surface area contributed by atoms with Gasteiger partial charge >= 0.3 is 0 Å². The van der Waals surface area contributed by atoms with E-state index in [2.05, 4.69) is 24.5 Å². The monoisotopic (exact) mass is 482 g/mol. The molecule has 2 rings (SSSR count). The van der Waals surface area contributed by atoms with Crippen LogP contribution in [-0.2, 0) is 11.2 Å². The molecule has 0 spiro atoms. The fourth-order valence-corrected chi connectivity index (χ4v) is 4.53. The van der Waals surface area contributed by atoms with E-state index in [-0.39, 0.29) is 5.91 Å². The highest BCUT2D eigenvalue weighted by atomic mass is 16.5. The molecule has 4 heteroatoms. The van der Waals surface area contributed by atoms with Crippen molar-refractivity contribution in [1.29, 1.82) is 0 Å². The van der Waals surface area contributed by atoms with E-state index in [4.69, 9.17) is 4.74 Å². The van der Waals surface area contributed by atoms with Crippen LogP contribution in [-0.4, -0.2) is 16.2 Å². The second-order valence-electron chi connectivity index (χ2n) is 10.6. The second-order valence-corrected chi connectivity index (χ2v) is 10.6. The maximum atomic E-state index is 12.9. The van der Waals surface area contributed by atoms with Gasteiger partial charge < -0.3 is 4.74 Å². The van der Waals surface area contributed by atoms with Crippen LogP contribution in [0.25, 0.3) is 0 Å². The molecule has 0 bridgehead atoms. The minimum Gasteiger partial charge on any atom is -0.478 e. The van der Waals surface area contributed by atoms with Crippen molar-refractivity contribution in [2.45, 2.75) is 130 Å². The van der Waals surface area contributed by atoms with Gasteiger partial charge in [-0.2, -0.15) is 0 Å². The average Bonchev–Trinajstić information content (AvgIpc) is 3.14. The Kier molecular flexibility index (Phi) is 13.0.